The van der Waals surface area contributed by atoms with E-state index in [9.17, 15) is 4.79 Å². The Balaban J connectivity index is 2.17. The second kappa shape index (κ2) is 7.68. The van der Waals surface area contributed by atoms with E-state index in [-0.39, 0.29) is 12.1 Å². The normalized spacial score (nSPS) is 10.5. The van der Waals surface area contributed by atoms with Gasteiger partial charge >= 0.3 is 6.03 Å². The summed E-state index contributed by atoms with van der Waals surface area (Å²) in [5.74, 6) is 0.660. The van der Waals surface area contributed by atoms with Crippen LogP contribution in [0.25, 0.3) is 0 Å². The lowest BCUT2D eigenvalue weighted by molar-refractivity contribution is 0.193. The fourth-order valence-corrected chi connectivity index (χ4v) is 2.38. The lowest BCUT2D eigenvalue weighted by Crippen LogP contribution is -2.39. The lowest BCUT2D eigenvalue weighted by atomic mass is 10.2. The number of nitrogens with one attached hydrogen (secondary N) is 1. The third-order valence-electron chi connectivity index (χ3n) is 3.68. The molecule has 0 aliphatic heterocycles. The van der Waals surface area contributed by atoms with Crippen molar-refractivity contribution in [3.8, 4) is 5.75 Å². The molecule has 0 spiro atoms. The summed E-state index contributed by atoms with van der Waals surface area (Å²) in [6.07, 6.45) is 0. The van der Waals surface area contributed by atoms with Crippen LogP contribution >= 0.6 is 0 Å². The Hall–Kier alpha value is -2.49. The van der Waals surface area contributed by atoms with Gasteiger partial charge in [0.1, 0.15) is 5.75 Å². The maximum atomic E-state index is 12.7. The number of anilines is 1. The number of ether oxygens (including phenoxy) is 1. The van der Waals surface area contributed by atoms with Crippen molar-refractivity contribution in [1.82, 2.24) is 4.90 Å². The van der Waals surface area contributed by atoms with Crippen molar-refractivity contribution in [1.29, 1.82) is 0 Å². The van der Waals surface area contributed by atoms with Crippen LogP contribution in [-0.2, 0) is 6.54 Å². The van der Waals surface area contributed by atoms with Crippen molar-refractivity contribution in [2.24, 2.45) is 0 Å². The van der Waals surface area contributed by atoms with Gasteiger partial charge in [-0.25, -0.2) is 4.79 Å². The van der Waals surface area contributed by atoms with E-state index in [4.69, 9.17) is 4.74 Å². The van der Waals surface area contributed by atoms with E-state index in [0.717, 1.165) is 11.1 Å². The fourth-order valence-electron chi connectivity index (χ4n) is 2.38. The molecule has 0 heterocycles. The molecule has 122 valence electrons. The second-order valence-electron chi connectivity index (χ2n) is 5.84. The first-order chi connectivity index (χ1) is 11.0. The van der Waals surface area contributed by atoms with Gasteiger partial charge in [0.2, 0.25) is 0 Å². The van der Waals surface area contributed by atoms with Crippen LogP contribution in [0.5, 0.6) is 5.75 Å². The number of benzene rings is 2. The zero-order chi connectivity index (χ0) is 16.8. The van der Waals surface area contributed by atoms with Gasteiger partial charge in [0.25, 0.3) is 0 Å². The average molecular weight is 312 g/mol. The van der Waals surface area contributed by atoms with E-state index >= 15 is 0 Å². The van der Waals surface area contributed by atoms with Gasteiger partial charge in [0.15, 0.2) is 0 Å². The van der Waals surface area contributed by atoms with Gasteiger partial charge in [-0.2, -0.15) is 0 Å². The van der Waals surface area contributed by atoms with Crippen LogP contribution < -0.4 is 10.1 Å². The first-order valence-corrected chi connectivity index (χ1v) is 7.77. The van der Waals surface area contributed by atoms with Gasteiger partial charge in [0.05, 0.1) is 12.8 Å². The second-order valence-corrected chi connectivity index (χ2v) is 5.84. The Morgan fingerprint density at radius 1 is 1.17 bits per heavy atom. The van der Waals surface area contributed by atoms with E-state index in [2.05, 4.69) is 5.32 Å². The minimum Gasteiger partial charge on any atom is -0.495 e. The lowest BCUT2D eigenvalue weighted by Gasteiger charge is -2.27. The molecule has 0 radical (unpaired) electrons. The van der Waals surface area contributed by atoms with Crippen molar-refractivity contribution < 1.29 is 9.53 Å². The van der Waals surface area contributed by atoms with Crippen LogP contribution in [0.2, 0.25) is 0 Å². The van der Waals surface area contributed by atoms with Gasteiger partial charge in [0, 0.05) is 12.6 Å². The molecule has 0 atom stereocenters. The number of methoxy groups -OCH3 is 1. The quantitative estimate of drug-likeness (QED) is 0.886. The van der Waals surface area contributed by atoms with Crippen LogP contribution in [0.15, 0.2) is 48.5 Å². The van der Waals surface area contributed by atoms with Gasteiger partial charge in [-0.15, -0.1) is 0 Å². The van der Waals surface area contributed by atoms with E-state index in [1.165, 1.54) is 0 Å². The predicted molar refractivity (Wildman–Crippen MR) is 93.9 cm³/mol. The monoisotopic (exact) mass is 312 g/mol. The third-order valence-corrected chi connectivity index (χ3v) is 3.68. The molecule has 2 amide bonds. The van der Waals surface area contributed by atoms with Crippen LogP contribution in [0.1, 0.15) is 25.0 Å². The number of hydrogen-bond acceptors (Lipinski definition) is 2. The first-order valence-electron chi connectivity index (χ1n) is 7.77. The highest BCUT2D eigenvalue weighted by Crippen LogP contribution is 2.26. The standard InChI is InChI=1S/C19H24N2O2/c1-14(2)21(13-16-8-6-5-7-9-16)19(22)20-17-12-15(3)10-11-18(17)23-4/h5-12,14H,13H2,1-4H3,(H,20,22). The Kier molecular flexibility index (Phi) is 5.63. The van der Waals surface area contributed by atoms with E-state index in [1.54, 1.807) is 12.0 Å². The molecule has 0 bridgehead atoms. The molecule has 1 N–H and O–H groups in total. The van der Waals surface area contributed by atoms with Crippen molar-refractivity contribution in [3.05, 3.63) is 59.7 Å². The Labute approximate surface area is 138 Å². The minimum absolute atomic E-state index is 0.0889. The number of urea groups is 1. The van der Waals surface area contributed by atoms with Crippen LogP contribution in [-0.4, -0.2) is 24.1 Å². The van der Waals surface area contributed by atoms with Gasteiger partial charge < -0.3 is 15.0 Å². The highest BCUT2D eigenvalue weighted by molar-refractivity contribution is 5.91. The summed E-state index contributed by atoms with van der Waals surface area (Å²) in [6.45, 7) is 6.57. The van der Waals surface area contributed by atoms with Gasteiger partial charge in [-0.1, -0.05) is 36.4 Å². The first kappa shape index (κ1) is 16.9. The summed E-state index contributed by atoms with van der Waals surface area (Å²) < 4.78 is 5.33. The zero-order valence-electron chi connectivity index (χ0n) is 14.2. The van der Waals surface area contributed by atoms with Crippen LogP contribution in [0.3, 0.4) is 0 Å². The van der Waals surface area contributed by atoms with E-state index in [1.807, 2.05) is 69.3 Å². The number of amides is 2. The molecule has 2 aromatic rings. The van der Waals surface area contributed by atoms with Gasteiger partial charge in [-0.3, -0.25) is 0 Å². The SMILES string of the molecule is COc1ccc(C)cc1NC(=O)N(Cc1ccccc1)C(C)C. The summed E-state index contributed by atoms with van der Waals surface area (Å²) in [4.78, 5) is 14.5. The summed E-state index contributed by atoms with van der Waals surface area (Å²) in [7, 11) is 1.60. The average Bonchev–Trinajstić information content (AvgIpc) is 2.53. The molecule has 0 saturated heterocycles. The van der Waals surface area contributed by atoms with E-state index in [0.29, 0.717) is 18.0 Å². The molecule has 2 rings (SSSR count). The molecule has 4 heteroatoms. The highest BCUT2D eigenvalue weighted by Gasteiger charge is 2.18. The molecule has 0 aromatic heterocycles. The molecule has 0 unspecified atom stereocenters. The molecule has 0 fully saturated rings. The van der Waals surface area contributed by atoms with Crippen molar-refractivity contribution in [2.45, 2.75) is 33.4 Å². The summed E-state index contributed by atoms with van der Waals surface area (Å²) in [5.41, 5.74) is 2.86. The molecule has 0 aliphatic rings. The Morgan fingerprint density at radius 2 is 1.87 bits per heavy atom. The maximum Gasteiger partial charge on any atom is 0.322 e. The molecular formula is C19H24N2O2. The number of nitrogens with zero attached hydrogens (tertiary/aromatic N) is 1. The Bertz CT molecular complexity index is 654. The molecule has 2 aromatic carbocycles. The summed E-state index contributed by atoms with van der Waals surface area (Å²) in [6, 6.07) is 15.7. The largest absolute Gasteiger partial charge is 0.495 e. The summed E-state index contributed by atoms with van der Waals surface area (Å²) >= 11 is 0. The third kappa shape index (κ3) is 4.49. The van der Waals surface area contributed by atoms with Crippen LogP contribution in [0.4, 0.5) is 10.5 Å². The number of carbonyl (C=O) groups excluding carboxylic acids is 1. The Morgan fingerprint density at radius 3 is 2.48 bits per heavy atom. The minimum atomic E-state index is -0.132. The highest BCUT2D eigenvalue weighted by atomic mass is 16.5. The van der Waals surface area contributed by atoms with Crippen LogP contribution in [0, 0.1) is 6.92 Å². The molecule has 0 saturated carbocycles. The van der Waals surface area contributed by atoms with Crippen molar-refractivity contribution in [3.63, 3.8) is 0 Å². The topological polar surface area (TPSA) is 41.6 Å². The zero-order valence-corrected chi connectivity index (χ0v) is 14.2. The van der Waals surface area contributed by atoms with Crippen molar-refractivity contribution >= 4 is 11.7 Å². The van der Waals surface area contributed by atoms with E-state index < -0.39 is 0 Å². The molecule has 23 heavy (non-hydrogen) atoms. The smallest absolute Gasteiger partial charge is 0.322 e. The van der Waals surface area contributed by atoms with Gasteiger partial charge in [-0.05, 0) is 44.0 Å². The number of hydrogen-bond donors (Lipinski definition) is 1. The predicted octanol–water partition coefficient (Wildman–Crippen LogP) is 4.45. The fraction of sp³-hybridized carbons (Fsp3) is 0.316. The molecule has 0 aliphatic carbocycles. The number of aryl methyl sites for hydroxylation is 1. The number of carbonyl (C=O) groups is 1. The van der Waals surface area contributed by atoms with Crippen molar-refractivity contribution in [2.75, 3.05) is 12.4 Å². The maximum absolute atomic E-state index is 12.7. The molecular weight excluding hydrogens is 288 g/mol. The molecule has 4 nitrogen and oxygen atoms in total. The number of rotatable bonds is 5. The summed E-state index contributed by atoms with van der Waals surface area (Å²) in [5, 5.41) is 2.97.